The second-order valence-electron chi connectivity index (χ2n) is 13.4. The number of thiazole rings is 2. The van der Waals surface area contributed by atoms with E-state index in [1.165, 1.54) is 66.6 Å². The number of hydrogen-bond acceptors (Lipinski definition) is 16. The predicted molar refractivity (Wildman–Crippen MR) is 331 cm³/mol. The minimum atomic E-state index is -3.22. The molecule has 362 valence electrons. The molecule has 0 aliphatic heterocycles. The third kappa shape index (κ3) is 19.9. The van der Waals surface area contributed by atoms with Gasteiger partial charge >= 0.3 is 5.20 Å². The number of carbonyl (C=O) groups is 2. The van der Waals surface area contributed by atoms with E-state index in [4.69, 9.17) is 9.97 Å². The van der Waals surface area contributed by atoms with Crippen LogP contribution in [0.3, 0.4) is 0 Å². The van der Waals surface area contributed by atoms with Crippen LogP contribution in [-0.2, 0) is 4.57 Å². The summed E-state index contributed by atoms with van der Waals surface area (Å²) in [4.78, 5) is 46.1. The number of halogens is 3. The van der Waals surface area contributed by atoms with Gasteiger partial charge in [0.1, 0.15) is 10.0 Å². The van der Waals surface area contributed by atoms with Gasteiger partial charge in [-0.15, -0.1) is 102 Å². The Kier molecular flexibility index (Phi) is 23.7. The summed E-state index contributed by atoms with van der Waals surface area (Å²) in [6, 6.07) is 37.0. The Morgan fingerprint density at radius 3 is 0.887 bits per heavy atom. The molecule has 20 heteroatoms. The van der Waals surface area contributed by atoms with Crippen molar-refractivity contribution in [1.82, 2.24) is 9.97 Å². The molecule has 0 aromatic carbocycles. The van der Waals surface area contributed by atoms with Gasteiger partial charge in [0.2, 0.25) is 0 Å². The number of aldehydes is 2. The van der Waals surface area contributed by atoms with E-state index in [0.29, 0.717) is 0 Å². The molecule has 0 saturated heterocycles. The lowest BCUT2D eigenvalue weighted by Gasteiger charge is -1.89. The van der Waals surface area contributed by atoms with Crippen LogP contribution in [0.15, 0.2) is 141 Å². The van der Waals surface area contributed by atoms with Gasteiger partial charge in [-0.3, -0.25) is 14.2 Å². The minimum absolute atomic E-state index is 0. The van der Waals surface area contributed by atoms with Crippen molar-refractivity contribution in [3.8, 4) is 19.8 Å². The van der Waals surface area contributed by atoms with Crippen molar-refractivity contribution in [2.24, 2.45) is 0 Å². The highest BCUT2D eigenvalue weighted by Gasteiger charge is 2.15. The summed E-state index contributed by atoms with van der Waals surface area (Å²) in [5.74, 6) is 0. The van der Waals surface area contributed by atoms with E-state index < -0.39 is 5.20 Å². The fraction of sp³-hybridized carbons (Fsp3) is 0.0196. The molecule has 11 aromatic rings. The summed E-state index contributed by atoms with van der Waals surface area (Å²) in [6.45, 7) is 0. The van der Waals surface area contributed by atoms with Crippen molar-refractivity contribution in [3.63, 3.8) is 0 Å². The zero-order valence-corrected chi connectivity index (χ0v) is 48.0. The summed E-state index contributed by atoms with van der Waals surface area (Å²) in [6.07, 6.45) is 18.8. The predicted octanol–water partition coefficient (Wildman–Crippen LogP) is 22.5. The largest absolute Gasteiger partial charge is 0.339 e. The summed E-state index contributed by atoms with van der Waals surface area (Å²) >= 11 is 32.4. The Labute approximate surface area is 470 Å². The van der Waals surface area contributed by atoms with Crippen LogP contribution in [0.2, 0.25) is 0 Å². The first-order valence-electron chi connectivity index (χ1n) is 20.2. The van der Waals surface area contributed by atoms with Gasteiger partial charge in [0, 0.05) is 39.0 Å². The van der Waals surface area contributed by atoms with Crippen LogP contribution in [0.5, 0.6) is 0 Å². The zero-order chi connectivity index (χ0) is 49.0. The Morgan fingerprint density at radius 1 is 0.352 bits per heavy atom. The highest BCUT2D eigenvalue weighted by Crippen LogP contribution is 2.61. The molecule has 0 fully saturated rings. The zero-order valence-electron chi connectivity index (χ0n) is 35.8. The standard InChI is InChI=1S/C24H14N2S6.C11H8OS2.C10H8S2.C5H4OS.CH4.Cl3OP/c1-3-15(27-13-1)5-7-17-9-11-19(29-17)21-25-23-24(31-21)26-22(32-23)20-12-10-18(30-20)8-6-16-4-2-14-28-16;12-8-11-6-5-10(14-11)4-3-9-2-1-7-13-9;1-3-9(11-7-1)5-6-10-4-2-8-12-10;6-4-5-2-1-3-7-5;;1-5(2,3)4/h1-14H;1-8H;1-8H;1-4H;1H4;/b7-5+,8-6+;4-3+;6-5+;;;. The highest BCUT2D eigenvalue weighted by molar-refractivity contribution is 8.24. The van der Waals surface area contributed by atoms with Crippen molar-refractivity contribution in [1.29, 1.82) is 0 Å². The van der Waals surface area contributed by atoms with Gasteiger partial charge in [-0.1, -0.05) is 66.5 Å². The van der Waals surface area contributed by atoms with Gasteiger partial charge < -0.3 is 0 Å². The van der Waals surface area contributed by atoms with Gasteiger partial charge in [-0.2, -0.15) is 0 Å². The van der Waals surface area contributed by atoms with Crippen LogP contribution in [0.1, 0.15) is 65.8 Å². The second-order valence-corrected chi connectivity index (χ2v) is 31.2. The lowest BCUT2D eigenvalue weighted by molar-refractivity contribution is 0.111. The molecular formula is C51H38Cl3N2O3PS11. The van der Waals surface area contributed by atoms with E-state index in [0.717, 1.165) is 46.9 Å². The SMILES string of the molecule is C.C(=C\c1ccc(-c2nc3sc(-c4ccc(/C=C/c5cccs5)s4)nc3s2)s1)/c1cccs1.C(=C\c1cccs1)/c1cccs1.O=Cc1ccc(/C=C/c2cccs2)s1.O=Cc1cccs1.O=P(Cl)(Cl)Cl. The van der Waals surface area contributed by atoms with Crippen LogP contribution in [-0.4, -0.2) is 22.5 Å². The Bertz CT molecular complexity index is 3190. The molecule has 11 rings (SSSR count). The van der Waals surface area contributed by atoms with Gasteiger partial charge in [-0.05, 0) is 187 Å². The third-order valence-electron chi connectivity index (χ3n) is 8.44. The molecule has 0 N–H and O–H groups in total. The van der Waals surface area contributed by atoms with Crippen molar-refractivity contribution >= 4 is 234 Å². The number of rotatable bonds is 12. The third-order valence-corrected chi connectivity index (χ3v) is 18.9. The quantitative estimate of drug-likeness (QED) is 0.0900. The fourth-order valence-corrected chi connectivity index (χ4v) is 13.8. The van der Waals surface area contributed by atoms with Crippen molar-refractivity contribution in [3.05, 3.63) is 190 Å². The highest BCUT2D eigenvalue weighted by atomic mass is 36.0. The average Bonchev–Trinajstić information content (AvgIpc) is 4.18. The van der Waals surface area contributed by atoms with Gasteiger partial charge in [0.15, 0.2) is 22.2 Å². The van der Waals surface area contributed by atoms with Crippen LogP contribution < -0.4 is 0 Å². The number of hydrogen-bond donors (Lipinski definition) is 0. The molecule has 0 radical (unpaired) electrons. The number of thiophene rings is 9. The molecule has 11 aromatic heterocycles. The molecule has 0 amide bonds. The van der Waals surface area contributed by atoms with E-state index in [9.17, 15) is 14.2 Å². The van der Waals surface area contributed by atoms with Crippen molar-refractivity contribution < 1.29 is 14.2 Å². The van der Waals surface area contributed by atoms with Gasteiger partial charge in [-0.25, -0.2) is 9.97 Å². The molecular weight excluding hydrogens is 1180 g/mol. The normalized spacial score (nSPS) is 11.1. The second kappa shape index (κ2) is 29.8. The van der Waals surface area contributed by atoms with Crippen molar-refractivity contribution in [2.45, 2.75) is 7.43 Å². The number of carbonyl (C=O) groups excluding carboxylic acids is 2. The van der Waals surface area contributed by atoms with Gasteiger partial charge in [0.25, 0.3) is 0 Å². The molecule has 71 heavy (non-hydrogen) atoms. The fourth-order valence-electron chi connectivity index (χ4n) is 5.43. The summed E-state index contributed by atoms with van der Waals surface area (Å²) in [5, 5.41) is 11.2. The number of aromatic nitrogens is 2. The van der Waals surface area contributed by atoms with E-state index in [1.807, 2.05) is 41.1 Å². The maximum Gasteiger partial charge on any atom is 0.339 e. The first-order chi connectivity index (χ1) is 34.1. The van der Waals surface area contributed by atoms with E-state index in [-0.39, 0.29) is 7.43 Å². The van der Waals surface area contributed by atoms with Gasteiger partial charge in [0.05, 0.1) is 19.5 Å². The topological polar surface area (TPSA) is 77.0 Å². The summed E-state index contributed by atoms with van der Waals surface area (Å²) in [7, 11) is 0. The maximum absolute atomic E-state index is 10.4. The lowest BCUT2D eigenvalue weighted by Crippen LogP contribution is -1.67. The summed E-state index contributed by atoms with van der Waals surface area (Å²) < 4.78 is 9.51. The van der Waals surface area contributed by atoms with Crippen LogP contribution >= 0.6 is 164 Å². The Morgan fingerprint density at radius 2 is 0.620 bits per heavy atom. The molecule has 0 saturated carbocycles. The smallest absolute Gasteiger partial charge is 0.297 e. The first-order valence-corrected chi connectivity index (χ1v) is 34.0. The molecule has 0 atom stereocenters. The molecule has 11 heterocycles. The average molecular weight is 1220 g/mol. The Hall–Kier alpha value is -3.78. The van der Waals surface area contributed by atoms with Crippen LogP contribution in [0.25, 0.3) is 78.0 Å². The molecule has 5 nitrogen and oxygen atoms in total. The maximum atomic E-state index is 10.4. The van der Waals surface area contributed by atoms with E-state index in [1.54, 1.807) is 108 Å². The van der Waals surface area contributed by atoms with Crippen molar-refractivity contribution in [2.75, 3.05) is 0 Å². The monoisotopic (exact) mass is 1210 g/mol. The molecule has 0 bridgehead atoms. The molecule has 0 aliphatic rings. The minimum Gasteiger partial charge on any atom is -0.297 e. The molecule has 0 aliphatic carbocycles. The first kappa shape index (κ1) is 56.5. The van der Waals surface area contributed by atoms with E-state index in [2.05, 4.69) is 177 Å². The van der Waals surface area contributed by atoms with E-state index >= 15 is 0 Å². The lowest BCUT2D eigenvalue weighted by atomic mass is 10.3. The summed E-state index contributed by atoms with van der Waals surface area (Å²) in [5.41, 5.74) is 0. The number of nitrogens with zero attached hydrogens (tertiary/aromatic N) is 2. The number of fused-ring (bicyclic) bond motifs is 1. The molecule has 0 unspecified atom stereocenters. The van der Waals surface area contributed by atoms with Crippen LogP contribution in [0, 0.1) is 0 Å². The van der Waals surface area contributed by atoms with Crippen LogP contribution in [0.4, 0.5) is 0 Å². The molecule has 0 spiro atoms. The Balaban J connectivity index is 0.000000174.